The van der Waals surface area contributed by atoms with Gasteiger partial charge in [-0.1, -0.05) is 0 Å². The van der Waals surface area contributed by atoms with E-state index in [1.54, 1.807) is 0 Å². The highest BCUT2D eigenvalue weighted by molar-refractivity contribution is 7.80. The molecule has 0 saturated heterocycles. The molecule has 0 heterocycles. The summed E-state index contributed by atoms with van der Waals surface area (Å²) in [5, 5.41) is 21.6. The number of carbonyl (C=O) groups is 2. The lowest BCUT2D eigenvalue weighted by Crippen LogP contribution is -2.32. The summed E-state index contributed by atoms with van der Waals surface area (Å²) in [6.45, 7) is 0. The maximum Gasteiger partial charge on any atom is 0.0678 e. The van der Waals surface area contributed by atoms with Gasteiger partial charge in [-0.15, -0.1) is 0 Å². The summed E-state index contributed by atoms with van der Waals surface area (Å²) in [7, 11) is 0. The van der Waals surface area contributed by atoms with E-state index in [2.05, 4.69) is 25.3 Å². The van der Waals surface area contributed by atoms with Gasteiger partial charge in [0.2, 0.25) is 0 Å². The Balaban J connectivity index is 4.94. The Hall–Kier alpha value is -0.620. The highest BCUT2D eigenvalue weighted by Gasteiger charge is 2.09. The molecule has 6 heteroatoms. The summed E-state index contributed by atoms with van der Waals surface area (Å²) in [6.07, 6.45) is 1.26. The summed E-state index contributed by atoms with van der Waals surface area (Å²) in [6, 6.07) is 0. The van der Waals surface area contributed by atoms with E-state index in [0.29, 0.717) is 24.3 Å². The smallest absolute Gasteiger partial charge is 0.0678 e. The Labute approximate surface area is 106 Å². The number of hydrogen-bond acceptors (Lipinski definition) is 6. The predicted molar refractivity (Wildman–Crippen MR) is 63.2 cm³/mol. The minimum absolute atomic E-state index is 0.141. The molecule has 0 aromatic heterocycles. The van der Waals surface area contributed by atoms with Crippen LogP contribution in [0.4, 0.5) is 0 Å². The Kier molecular flexibility index (Phi) is 8.19. The van der Waals surface area contributed by atoms with Gasteiger partial charge in [-0.3, -0.25) is 0 Å². The molecule has 0 atom stereocenters. The van der Waals surface area contributed by atoms with Crippen LogP contribution in [0.25, 0.3) is 0 Å². The average molecular weight is 262 g/mol. The van der Waals surface area contributed by atoms with Crippen LogP contribution < -0.4 is 10.2 Å². The summed E-state index contributed by atoms with van der Waals surface area (Å²) >= 11 is 7.89. The van der Waals surface area contributed by atoms with E-state index in [-0.39, 0.29) is 24.0 Å². The van der Waals surface area contributed by atoms with Crippen LogP contribution in [-0.4, -0.2) is 23.4 Å². The third-order valence-corrected chi connectivity index (χ3v) is 2.66. The molecule has 0 rings (SSSR count). The minimum Gasteiger partial charge on any atom is -0.545 e. The van der Waals surface area contributed by atoms with E-state index < -0.39 is 11.9 Å². The van der Waals surface area contributed by atoms with E-state index in [1.807, 2.05) is 0 Å². The van der Waals surface area contributed by atoms with Crippen molar-refractivity contribution < 1.29 is 19.8 Å². The van der Waals surface area contributed by atoms with Crippen LogP contribution >= 0.6 is 25.3 Å². The van der Waals surface area contributed by atoms with E-state index >= 15 is 0 Å². The quantitative estimate of drug-likeness (QED) is 0.443. The lowest BCUT2D eigenvalue weighted by atomic mass is 10.00. The molecule has 4 nitrogen and oxygen atoms in total. The third kappa shape index (κ3) is 5.46. The zero-order valence-corrected chi connectivity index (χ0v) is 10.6. The first-order chi connectivity index (χ1) is 7.54. The second-order valence-electron chi connectivity index (χ2n) is 3.19. The van der Waals surface area contributed by atoms with Crippen molar-refractivity contribution in [2.45, 2.75) is 25.7 Å². The first-order valence-electron chi connectivity index (χ1n) is 4.91. The normalized spacial score (nSPS) is 12.1. The number of hydrogen-bond donors (Lipinski definition) is 2. The largest absolute Gasteiger partial charge is 0.545 e. The second-order valence-corrected chi connectivity index (χ2v) is 4.08. The van der Waals surface area contributed by atoms with Gasteiger partial charge in [-0.2, -0.15) is 25.3 Å². The van der Waals surface area contributed by atoms with Gasteiger partial charge < -0.3 is 19.8 Å². The van der Waals surface area contributed by atoms with Crippen molar-refractivity contribution in [1.29, 1.82) is 0 Å². The Morgan fingerprint density at radius 1 is 0.812 bits per heavy atom. The molecule has 0 unspecified atom stereocenters. The topological polar surface area (TPSA) is 80.3 Å². The van der Waals surface area contributed by atoms with Crippen LogP contribution in [0.2, 0.25) is 0 Å². The Bertz CT molecular complexity index is 259. The molecule has 92 valence electrons. The average Bonchev–Trinajstić information content (AvgIpc) is 2.21. The van der Waals surface area contributed by atoms with Crippen LogP contribution in [0, 0.1) is 0 Å². The number of thiol groups is 2. The fraction of sp³-hybridized carbons (Fsp3) is 0.600. The van der Waals surface area contributed by atoms with Gasteiger partial charge in [0.05, 0.1) is 11.9 Å². The lowest BCUT2D eigenvalue weighted by molar-refractivity contribution is -0.304. The van der Waals surface area contributed by atoms with Gasteiger partial charge in [0.1, 0.15) is 0 Å². The van der Waals surface area contributed by atoms with Crippen molar-refractivity contribution in [2.75, 3.05) is 11.5 Å². The molecule has 0 radical (unpaired) electrons. The predicted octanol–water partition coefficient (Wildman–Crippen LogP) is -0.797. The molecule has 0 N–H and O–H groups in total. The molecule has 0 saturated carbocycles. The van der Waals surface area contributed by atoms with Gasteiger partial charge >= 0.3 is 0 Å². The number of carboxylic acids is 2. The van der Waals surface area contributed by atoms with Gasteiger partial charge in [-0.05, 0) is 48.3 Å². The minimum atomic E-state index is -1.44. The van der Waals surface area contributed by atoms with Crippen molar-refractivity contribution >= 4 is 37.2 Å². The Morgan fingerprint density at radius 2 is 1.12 bits per heavy atom. The van der Waals surface area contributed by atoms with Crippen molar-refractivity contribution in [3.63, 3.8) is 0 Å². The SMILES string of the molecule is O=C([O-])/C(CCCS)=C(\CCCS)C(=O)[O-]. The molecule has 0 aliphatic heterocycles. The molecule has 0 aromatic rings. The fourth-order valence-corrected chi connectivity index (χ4v) is 1.58. The summed E-state index contributed by atoms with van der Waals surface area (Å²) in [5.41, 5.74) is -0.369. The number of aliphatic carboxylic acids is 2. The molecule has 0 aromatic carbocycles. The Morgan fingerprint density at radius 3 is 1.31 bits per heavy atom. The first kappa shape index (κ1) is 15.4. The van der Waals surface area contributed by atoms with Gasteiger partial charge in [0, 0.05) is 0 Å². The fourth-order valence-electron chi connectivity index (χ4n) is 1.26. The summed E-state index contributed by atoms with van der Waals surface area (Å²) in [4.78, 5) is 21.6. The number of rotatable bonds is 8. The van der Waals surface area contributed by atoms with Crippen LogP contribution in [-0.2, 0) is 9.59 Å². The van der Waals surface area contributed by atoms with E-state index in [4.69, 9.17) is 0 Å². The van der Waals surface area contributed by atoms with E-state index in [9.17, 15) is 19.8 Å². The summed E-state index contributed by atoms with van der Waals surface area (Å²) < 4.78 is 0. The molecular formula is C10H14O4S2-2. The molecule has 0 bridgehead atoms. The van der Waals surface area contributed by atoms with Gasteiger partial charge in [0.15, 0.2) is 0 Å². The standard InChI is InChI=1S/C10H16O4S2/c11-9(12)7(3-1-5-15)8(10(13)14)4-2-6-16/h15-16H,1-6H2,(H,11,12)(H,13,14)/p-2/b8-7+. The van der Waals surface area contributed by atoms with E-state index in [1.165, 1.54) is 0 Å². The first-order valence-corrected chi connectivity index (χ1v) is 6.17. The molecule has 0 amide bonds. The number of carbonyl (C=O) groups excluding carboxylic acids is 2. The number of carboxylic acid groups (broad SMARTS) is 2. The lowest BCUT2D eigenvalue weighted by Gasteiger charge is -2.16. The maximum absolute atomic E-state index is 10.8. The second kappa shape index (κ2) is 8.52. The van der Waals surface area contributed by atoms with Crippen molar-refractivity contribution in [2.24, 2.45) is 0 Å². The van der Waals surface area contributed by atoms with Gasteiger partial charge in [0.25, 0.3) is 0 Å². The van der Waals surface area contributed by atoms with E-state index in [0.717, 1.165) is 0 Å². The molecule has 16 heavy (non-hydrogen) atoms. The van der Waals surface area contributed by atoms with Crippen LogP contribution in [0.15, 0.2) is 11.1 Å². The molecule has 0 spiro atoms. The van der Waals surface area contributed by atoms with Crippen LogP contribution in [0.5, 0.6) is 0 Å². The highest BCUT2D eigenvalue weighted by atomic mass is 32.1. The maximum atomic E-state index is 10.8. The van der Waals surface area contributed by atoms with Crippen LogP contribution in [0.3, 0.4) is 0 Å². The molecule has 0 fully saturated rings. The van der Waals surface area contributed by atoms with Crippen molar-refractivity contribution in [3.05, 3.63) is 11.1 Å². The zero-order chi connectivity index (χ0) is 12.6. The van der Waals surface area contributed by atoms with Gasteiger partial charge in [-0.25, -0.2) is 0 Å². The zero-order valence-electron chi connectivity index (χ0n) is 8.77. The van der Waals surface area contributed by atoms with Crippen LogP contribution in [0.1, 0.15) is 25.7 Å². The third-order valence-electron chi connectivity index (χ3n) is 2.03. The monoisotopic (exact) mass is 262 g/mol. The molecule has 0 aliphatic carbocycles. The van der Waals surface area contributed by atoms with Crippen molar-refractivity contribution in [1.82, 2.24) is 0 Å². The van der Waals surface area contributed by atoms with Crippen molar-refractivity contribution in [3.8, 4) is 0 Å². The molecular weight excluding hydrogens is 248 g/mol. The summed E-state index contributed by atoms with van der Waals surface area (Å²) in [5.74, 6) is -1.91. The molecule has 0 aliphatic rings. The highest BCUT2D eigenvalue weighted by Crippen LogP contribution is 2.16.